The second kappa shape index (κ2) is 9.75. The highest BCUT2D eigenvalue weighted by Crippen LogP contribution is 2.31. The van der Waals surface area contributed by atoms with E-state index in [-0.39, 0.29) is 6.61 Å². The molecule has 2 aromatic rings. The molecular weight excluding hydrogens is 322 g/mol. The molecule has 0 saturated carbocycles. The molecule has 2 N–H and O–H groups in total. The van der Waals surface area contributed by atoms with Gasteiger partial charge < -0.3 is 10.2 Å². The van der Waals surface area contributed by atoms with Gasteiger partial charge in [-0.15, -0.1) is 0 Å². The number of hydrogen-bond acceptors (Lipinski definition) is 3. The SMILES string of the molecule is CC(C)N(C(C)C)C(CCc1cc(CCO)ccc1O)c1ccccc1. The molecule has 0 aliphatic rings. The van der Waals surface area contributed by atoms with E-state index in [0.29, 0.717) is 30.3 Å². The van der Waals surface area contributed by atoms with Gasteiger partial charge in [0.25, 0.3) is 0 Å². The molecule has 1 unspecified atom stereocenters. The van der Waals surface area contributed by atoms with Gasteiger partial charge in [-0.2, -0.15) is 0 Å². The van der Waals surface area contributed by atoms with Gasteiger partial charge in [-0.05, 0) is 69.7 Å². The summed E-state index contributed by atoms with van der Waals surface area (Å²) in [5.41, 5.74) is 3.35. The largest absolute Gasteiger partial charge is 0.508 e. The lowest BCUT2D eigenvalue weighted by molar-refractivity contribution is 0.106. The molecule has 1 atom stereocenters. The third-order valence-electron chi connectivity index (χ3n) is 4.97. The van der Waals surface area contributed by atoms with Crippen molar-refractivity contribution in [3.63, 3.8) is 0 Å². The summed E-state index contributed by atoms with van der Waals surface area (Å²) in [6.07, 6.45) is 2.37. The Bertz CT molecular complexity index is 659. The number of aromatic hydroxyl groups is 1. The molecule has 0 bridgehead atoms. The molecule has 26 heavy (non-hydrogen) atoms. The Morgan fingerprint density at radius 3 is 2.12 bits per heavy atom. The molecule has 142 valence electrons. The average molecular weight is 356 g/mol. The number of phenolic OH excluding ortho intramolecular Hbond substituents is 1. The first-order chi connectivity index (χ1) is 12.4. The average Bonchev–Trinajstić information content (AvgIpc) is 2.61. The normalized spacial score (nSPS) is 12.9. The van der Waals surface area contributed by atoms with Crippen LogP contribution in [0.2, 0.25) is 0 Å². The summed E-state index contributed by atoms with van der Waals surface area (Å²) in [6, 6.07) is 17.5. The number of phenols is 1. The van der Waals surface area contributed by atoms with E-state index in [1.165, 1.54) is 5.56 Å². The van der Waals surface area contributed by atoms with Crippen LogP contribution in [0.15, 0.2) is 48.5 Å². The fourth-order valence-corrected chi connectivity index (χ4v) is 3.90. The van der Waals surface area contributed by atoms with E-state index in [1.807, 2.05) is 12.1 Å². The second-order valence-electron chi connectivity index (χ2n) is 7.54. The third kappa shape index (κ3) is 5.33. The third-order valence-corrected chi connectivity index (χ3v) is 4.97. The summed E-state index contributed by atoms with van der Waals surface area (Å²) in [4.78, 5) is 2.55. The zero-order valence-electron chi connectivity index (χ0n) is 16.5. The number of rotatable bonds is 9. The summed E-state index contributed by atoms with van der Waals surface area (Å²) in [5.74, 6) is 0.346. The standard InChI is InChI=1S/C23H33NO2/c1-17(2)24(18(3)4)22(20-8-6-5-7-9-20)12-11-21-16-19(14-15-25)10-13-23(21)26/h5-10,13,16-18,22,25-26H,11-12,14-15H2,1-4H3. The van der Waals surface area contributed by atoms with Crippen LogP contribution in [-0.2, 0) is 12.8 Å². The lowest BCUT2D eigenvalue weighted by Gasteiger charge is -2.39. The highest BCUT2D eigenvalue weighted by molar-refractivity contribution is 5.36. The fraction of sp³-hybridized carbons (Fsp3) is 0.478. The van der Waals surface area contributed by atoms with E-state index < -0.39 is 0 Å². The van der Waals surface area contributed by atoms with Gasteiger partial charge in [0.05, 0.1) is 0 Å². The summed E-state index contributed by atoms with van der Waals surface area (Å²) in [6.45, 7) is 9.11. The highest BCUT2D eigenvalue weighted by atomic mass is 16.3. The van der Waals surface area contributed by atoms with Crippen LogP contribution in [0.4, 0.5) is 0 Å². The predicted octanol–water partition coefficient (Wildman–Crippen LogP) is 4.72. The number of aliphatic hydroxyl groups excluding tert-OH is 1. The van der Waals surface area contributed by atoms with E-state index in [2.05, 4.69) is 62.9 Å². The molecule has 2 aromatic carbocycles. The van der Waals surface area contributed by atoms with Crippen molar-refractivity contribution in [2.24, 2.45) is 0 Å². The van der Waals surface area contributed by atoms with Gasteiger partial charge in [-0.1, -0.05) is 42.5 Å². The van der Waals surface area contributed by atoms with Crippen LogP contribution in [-0.4, -0.2) is 33.8 Å². The quantitative estimate of drug-likeness (QED) is 0.684. The van der Waals surface area contributed by atoms with Crippen molar-refractivity contribution >= 4 is 0 Å². The van der Waals surface area contributed by atoms with Crippen molar-refractivity contribution in [2.45, 2.75) is 65.1 Å². The Morgan fingerprint density at radius 1 is 0.885 bits per heavy atom. The van der Waals surface area contributed by atoms with E-state index in [0.717, 1.165) is 24.0 Å². The first kappa shape index (κ1) is 20.5. The minimum Gasteiger partial charge on any atom is -0.508 e. The van der Waals surface area contributed by atoms with Gasteiger partial charge >= 0.3 is 0 Å². The summed E-state index contributed by atoms with van der Waals surface area (Å²) in [5, 5.41) is 19.4. The van der Waals surface area contributed by atoms with Crippen molar-refractivity contribution in [1.29, 1.82) is 0 Å². The van der Waals surface area contributed by atoms with Crippen LogP contribution < -0.4 is 0 Å². The Kier molecular flexibility index (Phi) is 7.67. The van der Waals surface area contributed by atoms with Gasteiger partial charge in [0.2, 0.25) is 0 Å². The van der Waals surface area contributed by atoms with Gasteiger partial charge in [0.1, 0.15) is 5.75 Å². The molecular formula is C23H33NO2. The van der Waals surface area contributed by atoms with Crippen LogP contribution in [0.3, 0.4) is 0 Å². The van der Waals surface area contributed by atoms with Crippen molar-refractivity contribution in [1.82, 2.24) is 4.90 Å². The smallest absolute Gasteiger partial charge is 0.118 e. The van der Waals surface area contributed by atoms with Gasteiger partial charge in [-0.25, -0.2) is 0 Å². The van der Waals surface area contributed by atoms with Crippen LogP contribution >= 0.6 is 0 Å². The van der Waals surface area contributed by atoms with Gasteiger partial charge in [-0.3, -0.25) is 4.90 Å². The molecule has 0 fully saturated rings. The zero-order valence-corrected chi connectivity index (χ0v) is 16.5. The van der Waals surface area contributed by atoms with Crippen LogP contribution in [0.25, 0.3) is 0 Å². The van der Waals surface area contributed by atoms with Gasteiger partial charge in [0.15, 0.2) is 0 Å². The summed E-state index contributed by atoms with van der Waals surface area (Å²) in [7, 11) is 0. The van der Waals surface area contributed by atoms with Gasteiger partial charge in [0, 0.05) is 24.7 Å². The monoisotopic (exact) mass is 355 g/mol. The fourth-order valence-electron chi connectivity index (χ4n) is 3.90. The van der Waals surface area contributed by atoms with Crippen molar-refractivity contribution < 1.29 is 10.2 Å². The number of benzene rings is 2. The Balaban J connectivity index is 2.26. The molecule has 0 aromatic heterocycles. The number of nitrogens with zero attached hydrogens (tertiary/aromatic N) is 1. The summed E-state index contributed by atoms with van der Waals surface area (Å²) >= 11 is 0. The number of aryl methyl sites for hydroxylation is 1. The van der Waals surface area contributed by atoms with E-state index in [1.54, 1.807) is 6.07 Å². The van der Waals surface area contributed by atoms with Crippen molar-refractivity contribution in [3.8, 4) is 5.75 Å². The maximum Gasteiger partial charge on any atom is 0.118 e. The topological polar surface area (TPSA) is 43.7 Å². The molecule has 0 radical (unpaired) electrons. The lowest BCUT2D eigenvalue weighted by Crippen LogP contribution is -2.40. The van der Waals surface area contributed by atoms with E-state index >= 15 is 0 Å². The Morgan fingerprint density at radius 2 is 1.54 bits per heavy atom. The highest BCUT2D eigenvalue weighted by Gasteiger charge is 2.25. The molecule has 2 rings (SSSR count). The minimum atomic E-state index is 0.130. The summed E-state index contributed by atoms with van der Waals surface area (Å²) < 4.78 is 0. The number of hydrogen-bond donors (Lipinski definition) is 2. The first-order valence-corrected chi connectivity index (χ1v) is 9.68. The molecule has 0 aliphatic carbocycles. The molecule has 0 spiro atoms. The molecule has 3 heteroatoms. The molecule has 0 aliphatic heterocycles. The Labute approximate surface area is 158 Å². The maximum atomic E-state index is 10.3. The lowest BCUT2D eigenvalue weighted by atomic mass is 9.94. The van der Waals surface area contributed by atoms with Crippen LogP contribution in [0, 0.1) is 0 Å². The van der Waals surface area contributed by atoms with Crippen molar-refractivity contribution in [3.05, 3.63) is 65.2 Å². The van der Waals surface area contributed by atoms with Crippen molar-refractivity contribution in [2.75, 3.05) is 6.61 Å². The van der Waals surface area contributed by atoms with E-state index in [4.69, 9.17) is 0 Å². The molecule has 0 amide bonds. The second-order valence-corrected chi connectivity index (χ2v) is 7.54. The first-order valence-electron chi connectivity index (χ1n) is 9.68. The number of aliphatic hydroxyl groups is 1. The maximum absolute atomic E-state index is 10.3. The zero-order chi connectivity index (χ0) is 19.1. The molecule has 0 saturated heterocycles. The minimum absolute atomic E-state index is 0.130. The van der Waals surface area contributed by atoms with Crippen LogP contribution in [0.5, 0.6) is 5.75 Å². The molecule has 0 heterocycles. The predicted molar refractivity (Wildman–Crippen MR) is 109 cm³/mol. The Hall–Kier alpha value is -1.84. The molecule has 3 nitrogen and oxygen atoms in total. The van der Waals surface area contributed by atoms with E-state index in [9.17, 15) is 10.2 Å². The van der Waals surface area contributed by atoms with Crippen LogP contribution in [0.1, 0.15) is 56.8 Å².